The maximum Gasteiger partial charge on any atom is 0.213 e. The minimum atomic E-state index is -3.12. The van der Waals surface area contributed by atoms with E-state index in [1.165, 1.54) is 10.6 Å². The van der Waals surface area contributed by atoms with Gasteiger partial charge in [-0.1, -0.05) is 5.21 Å². The van der Waals surface area contributed by atoms with Crippen LogP contribution in [0.1, 0.15) is 6.92 Å². The topological polar surface area (TPSA) is 97.1 Å². The normalized spacial score (nSPS) is 17.5. The van der Waals surface area contributed by atoms with Gasteiger partial charge in [-0.05, 0) is 6.92 Å². The molecule has 0 N–H and O–H groups in total. The van der Waals surface area contributed by atoms with Crippen LogP contribution in [0.4, 0.5) is 5.82 Å². The van der Waals surface area contributed by atoms with Crippen LogP contribution in [0.5, 0.6) is 0 Å². The Kier molecular flexibility index (Phi) is 3.49. The van der Waals surface area contributed by atoms with E-state index in [1.54, 1.807) is 18.7 Å². The van der Waals surface area contributed by atoms with Crippen molar-refractivity contribution in [2.75, 3.05) is 36.8 Å². The van der Waals surface area contributed by atoms with Gasteiger partial charge in [0.15, 0.2) is 17.0 Å². The van der Waals surface area contributed by atoms with Gasteiger partial charge in [-0.25, -0.2) is 23.1 Å². The van der Waals surface area contributed by atoms with Crippen LogP contribution in [0.3, 0.4) is 0 Å². The Morgan fingerprint density at radius 2 is 1.90 bits per heavy atom. The van der Waals surface area contributed by atoms with E-state index in [2.05, 4.69) is 20.3 Å². The summed E-state index contributed by atoms with van der Waals surface area (Å²) in [4.78, 5) is 10.5. The first-order valence-electron chi connectivity index (χ1n) is 6.76. The number of hydrogen-bond acceptors (Lipinski definition) is 7. The molecule has 0 atom stereocenters. The highest BCUT2D eigenvalue weighted by Gasteiger charge is 2.27. The van der Waals surface area contributed by atoms with E-state index in [9.17, 15) is 8.42 Å². The molecular formula is C11H17N7O2S. The van der Waals surface area contributed by atoms with Crippen LogP contribution in [-0.4, -0.2) is 69.6 Å². The minimum absolute atomic E-state index is 0.134. The molecule has 0 aromatic carbocycles. The van der Waals surface area contributed by atoms with Gasteiger partial charge in [0.2, 0.25) is 10.0 Å². The lowest BCUT2D eigenvalue weighted by Crippen LogP contribution is -2.49. The standard InChI is InChI=1S/C11H17N7O2S/c1-3-21(19,20)18-6-4-17(5-7-18)11-9-10(12-8-13-11)16(2)15-14-9/h8H,3-7H2,1-2H3. The van der Waals surface area contributed by atoms with Crippen LogP contribution in [0.25, 0.3) is 11.2 Å². The Bertz CT molecular complexity index is 749. The van der Waals surface area contributed by atoms with Crippen LogP contribution < -0.4 is 4.90 Å². The molecule has 10 heteroatoms. The molecule has 21 heavy (non-hydrogen) atoms. The van der Waals surface area contributed by atoms with Crippen LogP contribution >= 0.6 is 0 Å². The van der Waals surface area contributed by atoms with E-state index < -0.39 is 10.0 Å². The van der Waals surface area contributed by atoms with Crippen LogP contribution in [0.15, 0.2) is 6.33 Å². The van der Waals surface area contributed by atoms with Crippen LogP contribution in [-0.2, 0) is 17.1 Å². The van der Waals surface area contributed by atoms with Gasteiger partial charge in [0.25, 0.3) is 0 Å². The lowest BCUT2D eigenvalue weighted by molar-refractivity contribution is 0.385. The van der Waals surface area contributed by atoms with Gasteiger partial charge < -0.3 is 4.90 Å². The number of aromatic nitrogens is 5. The average Bonchev–Trinajstić information content (AvgIpc) is 2.89. The summed E-state index contributed by atoms with van der Waals surface area (Å²) in [6.07, 6.45) is 1.48. The molecule has 114 valence electrons. The number of fused-ring (bicyclic) bond motifs is 1. The Hall–Kier alpha value is -1.81. The Morgan fingerprint density at radius 1 is 1.19 bits per heavy atom. The number of piperazine rings is 1. The van der Waals surface area contributed by atoms with E-state index in [4.69, 9.17) is 0 Å². The van der Waals surface area contributed by atoms with Crippen molar-refractivity contribution < 1.29 is 8.42 Å². The minimum Gasteiger partial charge on any atom is -0.352 e. The van der Waals surface area contributed by atoms with Gasteiger partial charge >= 0.3 is 0 Å². The third-order valence-electron chi connectivity index (χ3n) is 3.67. The summed E-state index contributed by atoms with van der Waals surface area (Å²) >= 11 is 0. The monoisotopic (exact) mass is 311 g/mol. The molecule has 2 aromatic heterocycles. The van der Waals surface area contributed by atoms with Gasteiger partial charge in [0.05, 0.1) is 5.75 Å². The number of hydrogen-bond donors (Lipinski definition) is 0. The molecule has 2 aromatic rings. The van der Waals surface area contributed by atoms with E-state index in [1.807, 2.05) is 4.90 Å². The van der Waals surface area contributed by atoms with Crippen LogP contribution in [0, 0.1) is 0 Å². The zero-order valence-electron chi connectivity index (χ0n) is 12.0. The molecule has 0 radical (unpaired) electrons. The summed E-state index contributed by atoms with van der Waals surface area (Å²) in [6.45, 7) is 3.75. The zero-order valence-corrected chi connectivity index (χ0v) is 12.8. The van der Waals surface area contributed by atoms with Gasteiger partial charge in [0.1, 0.15) is 6.33 Å². The molecule has 0 unspecified atom stereocenters. The van der Waals surface area contributed by atoms with Gasteiger partial charge in [-0.15, -0.1) is 5.10 Å². The third-order valence-corrected chi connectivity index (χ3v) is 5.55. The van der Waals surface area contributed by atoms with Crippen molar-refractivity contribution in [3.8, 4) is 0 Å². The van der Waals surface area contributed by atoms with E-state index in [-0.39, 0.29) is 5.75 Å². The highest BCUT2D eigenvalue weighted by atomic mass is 32.2. The van der Waals surface area contributed by atoms with Crippen molar-refractivity contribution in [3.63, 3.8) is 0 Å². The molecule has 1 aliphatic rings. The Balaban J connectivity index is 1.83. The molecule has 1 aliphatic heterocycles. The first-order chi connectivity index (χ1) is 10.0. The molecule has 9 nitrogen and oxygen atoms in total. The number of anilines is 1. The van der Waals surface area contributed by atoms with Crippen molar-refractivity contribution in [2.45, 2.75) is 6.92 Å². The average molecular weight is 311 g/mol. The smallest absolute Gasteiger partial charge is 0.213 e. The Labute approximate surface area is 122 Å². The first kappa shape index (κ1) is 14.1. The maximum atomic E-state index is 11.9. The van der Waals surface area contributed by atoms with Crippen molar-refractivity contribution in [3.05, 3.63) is 6.33 Å². The van der Waals surface area contributed by atoms with E-state index >= 15 is 0 Å². The summed E-state index contributed by atoms with van der Waals surface area (Å²) in [5.74, 6) is 0.844. The molecule has 3 rings (SSSR count). The zero-order chi connectivity index (χ0) is 15.0. The van der Waals surface area contributed by atoms with Crippen molar-refractivity contribution in [1.82, 2.24) is 29.3 Å². The summed E-state index contributed by atoms with van der Waals surface area (Å²) in [6, 6.07) is 0. The molecule has 1 fully saturated rings. The summed E-state index contributed by atoms with van der Waals surface area (Å²) in [5, 5.41) is 8.04. The fraction of sp³-hybridized carbons (Fsp3) is 0.636. The van der Waals surface area contributed by atoms with Crippen LogP contribution in [0.2, 0.25) is 0 Å². The predicted octanol–water partition coefficient (Wildman–Crippen LogP) is -0.770. The molecule has 0 bridgehead atoms. The molecular weight excluding hydrogens is 294 g/mol. The first-order valence-corrected chi connectivity index (χ1v) is 8.37. The second-order valence-electron chi connectivity index (χ2n) is 4.87. The number of sulfonamides is 1. The fourth-order valence-electron chi connectivity index (χ4n) is 2.43. The number of nitrogens with zero attached hydrogens (tertiary/aromatic N) is 7. The lowest BCUT2D eigenvalue weighted by Gasteiger charge is -2.34. The van der Waals surface area contributed by atoms with E-state index in [0.29, 0.717) is 43.2 Å². The predicted molar refractivity (Wildman–Crippen MR) is 77.3 cm³/mol. The molecule has 0 aliphatic carbocycles. The molecule has 0 amide bonds. The summed E-state index contributed by atoms with van der Waals surface area (Å²) < 4.78 is 26.9. The maximum absolute atomic E-state index is 11.9. The SMILES string of the molecule is CCS(=O)(=O)N1CCN(c2ncnc3c2nnn3C)CC1. The molecule has 3 heterocycles. The lowest BCUT2D eigenvalue weighted by atomic mass is 10.3. The largest absolute Gasteiger partial charge is 0.352 e. The second-order valence-corrected chi connectivity index (χ2v) is 7.13. The Morgan fingerprint density at radius 3 is 2.57 bits per heavy atom. The second kappa shape index (κ2) is 5.19. The van der Waals surface area contributed by atoms with Crippen molar-refractivity contribution >= 4 is 27.0 Å². The van der Waals surface area contributed by atoms with Gasteiger partial charge in [-0.3, -0.25) is 0 Å². The highest BCUT2D eigenvalue weighted by Crippen LogP contribution is 2.21. The number of aryl methyl sites for hydroxylation is 1. The molecule has 0 saturated carbocycles. The highest BCUT2D eigenvalue weighted by molar-refractivity contribution is 7.89. The van der Waals surface area contributed by atoms with Crippen molar-refractivity contribution in [2.24, 2.45) is 7.05 Å². The van der Waals surface area contributed by atoms with Crippen molar-refractivity contribution in [1.29, 1.82) is 0 Å². The fourth-order valence-corrected chi connectivity index (χ4v) is 3.52. The molecule has 0 spiro atoms. The number of rotatable bonds is 3. The van der Waals surface area contributed by atoms with Gasteiger partial charge in [0, 0.05) is 33.2 Å². The quantitative estimate of drug-likeness (QED) is 0.734. The van der Waals surface area contributed by atoms with E-state index in [0.717, 1.165) is 0 Å². The summed E-state index contributed by atoms with van der Waals surface area (Å²) in [5.41, 5.74) is 1.32. The molecule has 1 saturated heterocycles. The third kappa shape index (κ3) is 2.44. The summed E-state index contributed by atoms with van der Waals surface area (Å²) in [7, 11) is -1.35. The van der Waals surface area contributed by atoms with Gasteiger partial charge in [-0.2, -0.15) is 4.31 Å².